The van der Waals surface area contributed by atoms with Crippen LogP contribution in [0.3, 0.4) is 0 Å². The van der Waals surface area contributed by atoms with E-state index in [4.69, 9.17) is 19.6 Å². The fraction of sp³-hybridized carbons (Fsp3) is 0.381. The van der Waals surface area contributed by atoms with Crippen molar-refractivity contribution in [2.75, 3.05) is 13.2 Å². The van der Waals surface area contributed by atoms with E-state index in [0.717, 1.165) is 39.9 Å². The number of hydrogen-bond acceptors (Lipinski definition) is 6. The van der Waals surface area contributed by atoms with Crippen molar-refractivity contribution in [2.24, 2.45) is 5.92 Å². The lowest BCUT2D eigenvalue weighted by Crippen LogP contribution is -2.15. The molecular formula is C21H20N4O2S. The predicted octanol–water partition coefficient (Wildman–Crippen LogP) is 4.29. The second kappa shape index (κ2) is 6.17. The van der Waals surface area contributed by atoms with Crippen LogP contribution in [0.5, 0.6) is 11.5 Å². The average molecular weight is 392 g/mol. The van der Waals surface area contributed by atoms with Crippen LogP contribution in [-0.2, 0) is 12.8 Å². The normalized spacial score (nSPS) is 18.5. The molecule has 0 radical (unpaired) electrons. The molecule has 7 heteroatoms. The minimum atomic E-state index is 0.569. The van der Waals surface area contributed by atoms with Crippen LogP contribution in [0.25, 0.3) is 27.3 Å². The van der Waals surface area contributed by atoms with Crippen molar-refractivity contribution in [1.82, 2.24) is 19.6 Å². The van der Waals surface area contributed by atoms with Gasteiger partial charge in [0.1, 0.15) is 24.4 Å². The van der Waals surface area contributed by atoms with Gasteiger partial charge in [-0.15, -0.1) is 16.4 Å². The van der Waals surface area contributed by atoms with Crippen molar-refractivity contribution < 1.29 is 9.47 Å². The van der Waals surface area contributed by atoms with Crippen molar-refractivity contribution in [1.29, 1.82) is 0 Å². The second-order valence-corrected chi connectivity index (χ2v) is 8.59. The highest BCUT2D eigenvalue weighted by Gasteiger charge is 2.25. The Bertz CT molecular complexity index is 1210. The fourth-order valence-electron chi connectivity index (χ4n) is 4.30. The lowest BCUT2D eigenvalue weighted by Gasteiger charge is -2.20. The van der Waals surface area contributed by atoms with Crippen molar-refractivity contribution in [2.45, 2.75) is 32.6 Å². The quantitative estimate of drug-likeness (QED) is 0.509. The molecule has 0 spiro atoms. The number of thiophene rings is 1. The Morgan fingerprint density at radius 1 is 1.21 bits per heavy atom. The Balaban J connectivity index is 1.49. The highest BCUT2D eigenvalue weighted by Crippen LogP contribution is 2.40. The van der Waals surface area contributed by atoms with E-state index in [1.165, 1.54) is 35.1 Å². The molecule has 4 heterocycles. The number of aryl methyl sites for hydroxylation is 1. The number of ether oxygens (including phenoxy) is 2. The summed E-state index contributed by atoms with van der Waals surface area (Å²) in [6, 6.07) is 5.88. The third-order valence-corrected chi connectivity index (χ3v) is 7.03. The number of aromatic nitrogens is 4. The zero-order chi connectivity index (χ0) is 18.7. The summed E-state index contributed by atoms with van der Waals surface area (Å²) in [4.78, 5) is 12.1. The van der Waals surface area contributed by atoms with Gasteiger partial charge in [0.2, 0.25) is 0 Å². The van der Waals surface area contributed by atoms with Crippen LogP contribution in [0.1, 0.15) is 30.2 Å². The Labute approximate surface area is 166 Å². The number of benzene rings is 1. The number of rotatable bonds is 2. The Morgan fingerprint density at radius 2 is 2.11 bits per heavy atom. The monoisotopic (exact) mass is 392 g/mol. The topological polar surface area (TPSA) is 61.5 Å². The zero-order valence-corrected chi connectivity index (χ0v) is 16.5. The highest BCUT2D eigenvalue weighted by molar-refractivity contribution is 7.19. The van der Waals surface area contributed by atoms with E-state index in [2.05, 4.69) is 11.9 Å². The minimum Gasteiger partial charge on any atom is -0.486 e. The van der Waals surface area contributed by atoms with Crippen LogP contribution < -0.4 is 9.47 Å². The first-order valence-electron chi connectivity index (χ1n) is 9.86. The molecule has 0 fully saturated rings. The maximum absolute atomic E-state index is 5.71. The lowest BCUT2D eigenvalue weighted by molar-refractivity contribution is 0.171. The molecule has 1 aliphatic carbocycles. The number of nitrogens with zero attached hydrogens (tertiary/aromatic N) is 4. The Morgan fingerprint density at radius 3 is 3.00 bits per heavy atom. The SMILES string of the molecule is CCC1CCc2c(sc3ncn4nc(-c5ccc6c(c5)OCCO6)nc4c23)C1. The molecule has 0 saturated heterocycles. The first-order chi connectivity index (χ1) is 13.8. The molecule has 6 nitrogen and oxygen atoms in total. The summed E-state index contributed by atoms with van der Waals surface area (Å²) in [6.07, 6.45) is 6.56. The van der Waals surface area contributed by atoms with Gasteiger partial charge in [-0.1, -0.05) is 13.3 Å². The predicted molar refractivity (Wildman–Crippen MR) is 108 cm³/mol. The van der Waals surface area contributed by atoms with Crippen molar-refractivity contribution in [3.63, 3.8) is 0 Å². The molecule has 1 unspecified atom stereocenters. The van der Waals surface area contributed by atoms with Crippen LogP contribution in [0.2, 0.25) is 0 Å². The molecule has 1 aliphatic heterocycles. The highest BCUT2D eigenvalue weighted by atomic mass is 32.1. The van der Waals surface area contributed by atoms with Crippen molar-refractivity contribution >= 4 is 27.2 Å². The average Bonchev–Trinajstić information content (AvgIpc) is 3.33. The third kappa shape index (κ3) is 2.42. The number of fused-ring (bicyclic) bond motifs is 6. The van der Waals surface area contributed by atoms with Crippen LogP contribution >= 0.6 is 11.3 Å². The van der Waals surface area contributed by atoms with Gasteiger partial charge in [-0.05, 0) is 48.9 Å². The zero-order valence-electron chi connectivity index (χ0n) is 15.6. The van der Waals surface area contributed by atoms with E-state index in [1.807, 2.05) is 34.1 Å². The smallest absolute Gasteiger partial charge is 0.182 e. The molecule has 0 N–H and O–H groups in total. The van der Waals surface area contributed by atoms with E-state index in [9.17, 15) is 0 Å². The van der Waals surface area contributed by atoms with Gasteiger partial charge in [0, 0.05) is 10.4 Å². The van der Waals surface area contributed by atoms with Crippen LogP contribution in [0, 0.1) is 5.92 Å². The fourth-order valence-corrected chi connectivity index (χ4v) is 5.59. The van der Waals surface area contributed by atoms with Crippen molar-refractivity contribution in [3.05, 3.63) is 35.0 Å². The van der Waals surface area contributed by atoms with Gasteiger partial charge in [0.05, 0.1) is 5.39 Å². The molecule has 1 atom stereocenters. The molecule has 6 rings (SSSR count). The van der Waals surface area contributed by atoms with Crippen molar-refractivity contribution in [3.8, 4) is 22.9 Å². The third-order valence-electron chi connectivity index (χ3n) is 5.87. The van der Waals surface area contributed by atoms with E-state index in [-0.39, 0.29) is 0 Å². The molecular weight excluding hydrogens is 372 g/mol. The summed E-state index contributed by atoms with van der Waals surface area (Å²) in [7, 11) is 0. The van der Waals surface area contributed by atoms with E-state index < -0.39 is 0 Å². The Hall–Kier alpha value is -2.67. The molecule has 4 aromatic rings. The van der Waals surface area contributed by atoms with Gasteiger partial charge in [-0.25, -0.2) is 14.5 Å². The van der Waals surface area contributed by atoms with Gasteiger partial charge in [-0.3, -0.25) is 0 Å². The summed E-state index contributed by atoms with van der Waals surface area (Å²) < 4.78 is 13.1. The second-order valence-electron chi connectivity index (χ2n) is 7.51. The summed E-state index contributed by atoms with van der Waals surface area (Å²) in [5, 5.41) is 5.88. The van der Waals surface area contributed by atoms with Gasteiger partial charge in [-0.2, -0.15) is 0 Å². The maximum atomic E-state index is 5.71. The lowest BCUT2D eigenvalue weighted by atomic mass is 9.86. The molecule has 142 valence electrons. The first-order valence-corrected chi connectivity index (χ1v) is 10.7. The molecule has 0 bridgehead atoms. The van der Waals surface area contributed by atoms with Gasteiger partial charge in [0.15, 0.2) is 23.0 Å². The van der Waals surface area contributed by atoms with E-state index in [0.29, 0.717) is 19.0 Å². The maximum Gasteiger partial charge on any atom is 0.182 e. The van der Waals surface area contributed by atoms with Gasteiger partial charge in [0.25, 0.3) is 0 Å². The van der Waals surface area contributed by atoms with Gasteiger partial charge >= 0.3 is 0 Å². The molecule has 0 amide bonds. The summed E-state index contributed by atoms with van der Waals surface area (Å²) in [6.45, 7) is 3.45. The molecule has 1 aromatic carbocycles. The van der Waals surface area contributed by atoms with Gasteiger partial charge < -0.3 is 9.47 Å². The largest absolute Gasteiger partial charge is 0.486 e. The standard InChI is InChI=1S/C21H20N4O2S/c1-2-12-3-5-14-17(9-12)28-21-18(14)20-23-19(24-25(20)11-22-21)13-4-6-15-16(10-13)27-8-7-26-15/h4,6,10-12H,2-3,5,7-9H2,1H3. The van der Waals surface area contributed by atoms with E-state index >= 15 is 0 Å². The van der Waals surface area contributed by atoms with Crippen LogP contribution in [0.15, 0.2) is 24.5 Å². The summed E-state index contributed by atoms with van der Waals surface area (Å²) >= 11 is 1.83. The first kappa shape index (κ1) is 16.3. The minimum absolute atomic E-state index is 0.569. The molecule has 2 aliphatic rings. The molecule has 3 aromatic heterocycles. The molecule has 0 saturated carbocycles. The Kier molecular flexibility index (Phi) is 3.59. The van der Waals surface area contributed by atoms with E-state index in [1.54, 1.807) is 6.33 Å². The number of hydrogen-bond donors (Lipinski definition) is 0. The summed E-state index contributed by atoms with van der Waals surface area (Å²) in [5.41, 5.74) is 3.27. The summed E-state index contributed by atoms with van der Waals surface area (Å²) in [5.74, 6) is 3.01. The molecule has 28 heavy (non-hydrogen) atoms. The van der Waals surface area contributed by atoms with Crippen LogP contribution in [0.4, 0.5) is 0 Å². The van der Waals surface area contributed by atoms with Crippen LogP contribution in [-0.4, -0.2) is 32.8 Å².